The van der Waals surface area contributed by atoms with Crippen molar-refractivity contribution in [3.05, 3.63) is 0 Å². The normalized spacial score (nSPS) is 40.1. The van der Waals surface area contributed by atoms with Crippen LogP contribution >= 0.6 is 0 Å². The summed E-state index contributed by atoms with van der Waals surface area (Å²) in [6.45, 7) is 2.64. The van der Waals surface area contributed by atoms with E-state index < -0.39 is 6.09 Å². The predicted octanol–water partition coefficient (Wildman–Crippen LogP) is 0.489. The summed E-state index contributed by atoms with van der Waals surface area (Å²) in [5, 5.41) is 12.3. The second kappa shape index (κ2) is 2.62. The van der Waals surface area contributed by atoms with Gasteiger partial charge in [-0.25, -0.2) is 4.79 Å². The van der Waals surface area contributed by atoms with E-state index in [4.69, 9.17) is 5.11 Å². The lowest BCUT2D eigenvalue weighted by Gasteiger charge is -2.37. The fourth-order valence-corrected chi connectivity index (χ4v) is 2.25. The molecule has 2 rings (SSSR count). The number of hydrogen-bond acceptors (Lipinski definition) is 2. The first-order valence-corrected chi connectivity index (χ1v) is 4.44. The molecule has 1 unspecified atom stereocenters. The van der Waals surface area contributed by atoms with Crippen molar-refractivity contribution in [1.29, 1.82) is 0 Å². The number of amides is 1. The zero-order valence-electron chi connectivity index (χ0n) is 7.16. The van der Waals surface area contributed by atoms with Gasteiger partial charge in [-0.05, 0) is 19.8 Å². The molecule has 0 spiro atoms. The van der Waals surface area contributed by atoms with E-state index >= 15 is 0 Å². The van der Waals surface area contributed by atoms with Crippen molar-refractivity contribution in [3.8, 4) is 0 Å². The molecule has 0 radical (unpaired) electrons. The Kier molecular flexibility index (Phi) is 1.72. The Morgan fingerprint density at radius 1 is 1.58 bits per heavy atom. The summed E-state index contributed by atoms with van der Waals surface area (Å²) in [6.07, 6.45) is 1.47. The van der Waals surface area contributed by atoms with Crippen LogP contribution in [0.25, 0.3) is 0 Å². The molecule has 0 aromatic rings. The van der Waals surface area contributed by atoms with E-state index in [9.17, 15) is 4.79 Å². The zero-order chi connectivity index (χ0) is 8.72. The Hall–Kier alpha value is -0.770. The molecule has 0 saturated carbocycles. The van der Waals surface area contributed by atoms with Crippen LogP contribution in [0.4, 0.5) is 4.79 Å². The van der Waals surface area contributed by atoms with Crippen LogP contribution in [0.15, 0.2) is 0 Å². The second-order valence-electron chi connectivity index (χ2n) is 3.72. The topological polar surface area (TPSA) is 52.6 Å². The largest absolute Gasteiger partial charge is 0.465 e. The number of likely N-dealkylation sites (tertiary alicyclic amines) is 1. The smallest absolute Gasteiger partial charge is 0.407 e. The summed E-state index contributed by atoms with van der Waals surface area (Å²) in [5.41, 5.74) is 0. The van der Waals surface area contributed by atoms with Crippen molar-refractivity contribution in [2.24, 2.45) is 0 Å². The van der Waals surface area contributed by atoms with Gasteiger partial charge in [0.1, 0.15) is 0 Å². The molecule has 4 nitrogen and oxygen atoms in total. The van der Waals surface area contributed by atoms with E-state index in [-0.39, 0.29) is 6.04 Å². The highest BCUT2D eigenvalue weighted by Gasteiger charge is 2.39. The predicted molar refractivity (Wildman–Crippen MR) is 44.1 cm³/mol. The highest BCUT2D eigenvalue weighted by atomic mass is 16.4. The van der Waals surface area contributed by atoms with Gasteiger partial charge in [-0.3, -0.25) is 0 Å². The molecule has 2 saturated heterocycles. The van der Waals surface area contributed by atoms with Crippen LogP contribution in [-0.4, -0.2) is 40.8 Å². The molecule has 2 fully saturated rings. The average molecular weight is 170 g/mol. The van der Waals surface area contributed by atoms with Crippen molar-refractivity contribution < 1.29 is 9.90 Å². The molecule has 2 heterocycles. The van der Waals surface area contributed by atoms with Crippen LogP contribution in [0, 0.1) is 0 Å². The third-order valence-corrected chi connectivity index (χ3v) is 3.01. The first-order valence-electron chi connectivity index (χ1n) is 4.44. The van der Waals surface area contributed by atoms with Gasteiger partial charge in [-0.15, -0.1) is 0 Å². The molecule has 2 N–H and O–H groups in total. The van der Waals surface area contributed by atoms with E-state index in [1.165, 1.54) is 0 Å². The monoisotopic (exact) mass is 170 g/mol. The highest BCUT2D eigenvalue weighted by Crippen LogP contribution is 2.24. The van der Waals surface area contributed by atoms with Gasteiger partial charge in [0.05, 0.1) is 0 Å². The Bertz CT molecular complexity index is 207. The molecule has 0 aliphatic carbocycles. The van der Waals surface area contributed by atoms with Crippen molar-refractivity contribution >= 4 is 6.09 Å². The van der Waals surface area contributed by atoms with E-state index in [0.29, 0.717) is 18.6 Å². The van der Waals surface area contributed by atoms with Gasteiger partial charge in [-0.2, -0.15) is 0 Å². The first-order chi connectivity index (χ1) is 5.68. The third-order valence-electron chi connectivity index (χ3n) is 3.01. The summed E-state index contributed by atoms with van der Waals surface area (Å²) in [6, 6.07) is 0.934. The highest BCUT2D eigenvalue weighted by molar-refractivity contribution is 5.65. The van der Waals surface area contributed by atoms with Crippen molar-refractivity contribution in [1.82, 2.24) is 10.2 Å². The number of nitrogens with one attached hydrogen (secondary N) is 1. The Morgan fingerprint density at radius 2 is 2.33 bits per heavy atom. The minimum atomic E-state index is -0.777. The molecular weight excluding hydrogens is 156 g/mol. The number of rotatable bonds is 0. The molecule has 68 valence electrons. The zero-order valence-corrected chi connectivity index (χ0v) is 7.16. The number of fused-ring (bicyclic) bond motifs is 2. The van der Waals surface area contributed by atoms with Gasteiger partial charge in [0.2, 0.25) is 0 Å². The number of piperazine rings is 1. The number of nitrogens with zero attached hydrogens (tertiary/aromatic N) is 1. The lowest BCUT2D eigenvalue weighted by Crippen LogP contribution is -2.58. The summed E-state index contributed by atoms with van der Waals surface area (Å²) in [7, 11) is 0. The van der Waals surface area contributed by atoms with Gasteiger partial charge in [0.15, 0.2) is 0 Å². The summed E-state index contributed by atoms with van der Waals surface area (Å²) in [4.78, 5) is 12.3. The van der Waals surface area contributed by atoms with Crippen LogP contribution < -0.4 is 5.32 Å². The Balaban J connectivity index is 2.12. The fourth-order valence-electron chi connectivity index (χ4n) is 2.25. The molecule has 2 aliphatic heterocycles. The fraction of sp³-hybridized carbons (Fsp3) is 0.875. The molecule has 0 aromatic carbocycles. The molecular formula is C8H14N2O2. The maximum absolute atomic E-state index is 10.8. The van der Waals surface area contributed by atoms with Gasteiger partial charge in [0.25, 0.3) is 0 Å². The lowest BCUT2D eigenvalue weighted by atomic mass is 10.1. The molecule has 4 heteroatoms. The summed E-state index contributed by atoms with van der Waals surface area (Å²) < 4.78 is 0. The average Bonchev–Trinajstić information content (AvgIpc) is 2.41. The van der Waals surface area contributed by atoms with E-state index in [2.05, 4.69) is 5.32 Å². The molecule has 2 aliphatic rings. The maximum atomic E-state index is 10.8. The van der Waals surface area contributed by atoms with Crippen LogP contribution in [0.2, 0.25) is 0 Å². The van der Waals surface area contributed by atoms with Crippen molar-refractivity contribution in [2.75, 3.05) is 6.54 Å². The van der Waals surface area contributed by atoms with Crippen molar-refractivity contribution in [3.63, 3.8) is 0 Å². The molecule has 12 heavy (non-hydrogen) atoms. The van der Waals surface area contributed by atoms with Gasteiger partial charge >= 0.3 is 6.09 Å². The SMILES string of the molecule is CC1[C@@H]2CC[C@H](CN1C(=O)O)N2. The van der Waals surface area contributed by atoms with Gasteiger partial charge in [0, 0.05) is 24.7 Å². The molecule has 3 atom stereocenters. The minimum absolute atomic E-state index is 0.140. The van der Waals surface area contributed by atoms with Crippen LogP contribution in [0.1, 0.15) is 19.8 Å². The quantitative estimate of drug-likeness (QED) is 0.556. The van der Waals surface area contributed by atoms with Crippen LogP contribution in [0.3, 0.4) is 0 Å². The number of carbonyl (C=O) groups is 1. The van der Waals surface area contributed by atoms with E-state index in [1.54, 1.807) is 4.90 Å². The Morgan fingerprint density at radius 3 is 3.00 bits per heavy atom. The maximum Gasteiger partial charge on any atom is 0.407 e. The van der Waals surface area contributed by atoms with E-state index in [0.717, 1.165) is 12.8 Å². The standard InChI is InChI=1S/C8H14N2O2/c1-5-7-3-2-6(9-7)4-10(5)8(11)12/h5-7,9H,2-4H2,1H3,(H,11,12)/t5?,6-,7+/m1/s1. The summed E-state index contributed by atoms with van der Waals surface area (Å²) >= 11 is 0. The molecule has 1 amide bonds. The molecule has 2 bridgehead atoms. The van der Waals surface area contributed by atoms with Crippen molar-refractivity contribution in [2.45, 2.75) is 37.9 Å². The Labute approximate surface area is 71.5 Å². The lowest BCUT2D eigenvalue weighted by molar-refractivity contribution is 0.0996. The van der Waals surface area contributed by atoms with Gasteiger partial charge in [-0.1, -0.05) is 0 Å². The van der Waals surface area contributed by atoms with Gasteiger partial charge < -0.3 is 15.3 Å². The summed E-state index contributed by atoms with van der Waals surface area (Å²) in [5.74, 6) is 0. The number of hydrogen-bond donors (Lipinski definition) is 2. The minimum Gasteiger partial charge on any atom is -0.465 e. The molecule has 0 aromatic heterocycles. The first kappa shape index (κ1) is 7.86. The number of carboxylic acid groups (broad SMARTS) is 1. The van der Waals surface area contributed by atoms with Crippen LogP contribution in [0.5, 0.6) is 0 Å². The van der Waals surface area contributed by atoms with E-state index in [1.807, 2.05) is 6.92 Å². The van der Waals surface area contributed by atoms with Crippen LogP contribution in [-0.2, 0) is 0 Å². The second-order valence-corrected chi connectivity index (χ2v) is 3.72. The third kappa shape index (κ3) is 1.06.